The number of phenols is 2. The topological polar surface area (TPSA) is 53.4 Å². The summed E-state index contributed by atoms with van der Waals surface area (Å²) in [4.78, 5) is 9.61. The number of hydrogen-bond donors (Lipinski definition) is 2. The predicted octanol–water partition coefficient (Wildman–Crippen LogP) is 7.99. The molecule has 2 saturated carbocycles. The average molecular weight is 637 g/mol. The molecule has 0 unspecified atom stereocenters. The van der Waals surface area contributed by atoms with Crippen molar-refractivity contribution >= 4 is 0 Å². The van der Waals surface area contributed by atoms with Crippen LogP contribution in [-0.4, -0.2) is 96.3 Å². The van der Waals surface area contributed by atoms with Gasteiger partial charge in [-0.1, -0.05) is 97.6 Å². The van der Waals surface area contributed by atoms with Gasteiger partial charge in [-0.25, -0.2) is 0 Å². The van der Waals surface area contributed by atoms with E-state index in [1.54, 1.807) is 6.07 Å². The summed E-state index contributed by atoms with van der Waals surface area (Å²) < 4.78 is 0. The Labute approximate surface area is 282 Å². The summed E-state index contributed by atoms with van der Waals surface area (Å²) >= 11 is 0. The van der Waals surface area contributed by atoms with Crippen LogP contribution < -0.4 is 0 Å². The monoisotopic (exact) mass is 637 g/mol. The molecular weight excluding hydrogens is 568 g/mol. The van der Waals surface area contributed by atoms with Gasteiger partial charge in [0, 0.05) is 48.4 Å². The van der Waals surface area contributed by atoms with Gasteiger partial charge in [0.2, 0.25) is 0 Å². The first-order valence-electron chi connectivity index (χ1n) is 17.8. The fraction of sp³-hybridized carbons (Fsp3) is 0.700. The molecule has 6 heteroatoms. The van der Waals surface area contributed by atoms with Gasteiger partial charge in [-0.3, -0.25) is 9.80 Å². The van der Waals surface area contributed by atoms with E-state index < -0.39 is 0 Å². The molecule has 4 rings (SSSR count). The highest BCUT2D eigenvalue weighted by Crippen LogP contribution is 2.39. The third-order valence-corrected chi connectivity index (χ3v) is 10.5. The zero-order valence-electron chi connectivity index (χ0n) is 31.5. The Morgan fingerprint density at radius 1 is 0.587 bits per heavy atom. The molecule has 6 nitrogen and oxygen atoms in total. The van der Waals surface area contributed by atoms with Crippen molar-refractivity contribution in [3.63, 3.8) is 0 Å². The lowest BCUT2D eigenvalue weighted by molar-refractivity contribution is 0.0871. The summed E-state index contributed by atoms with van der Waals surface area (Å²) in [5.41, 5.74) is 4.45. The second kappa shape index (κ2) is 16.3. The van der Waals surface area contributed by atoms with E-state index in [0.29, 0.717) is 35.7 Å². The van der Waals surface area contributed by atoms with E-state index in [9.17, 15) is 10.2 Å². The van der Waals surface area contributed by atoms with E-state index in [1.165, 1.54) is 56.9 Å². The predicted molar refractivity (Wildman–Crippen MR) is 196 cm³/mol. The highest BCUT2D eigenvalue weighted by Gasteiger charge is 2.32. The van der Waals surface area contributed by atoms with Gasteiger partial charge < -0.3 is 20.0 Å². The van der Waals surface area contributed by atoms with Crippen molar-refractivity contribution in [2.75, 3.05) is 42.3 Å². The Morgan fingerprint density at radius 3 is 1.43 bits per heavy atom. The van der Waals surface area contributed by atoms with E-state index in [2.05, 4.69) is 116 Å². The van der Waals surface area contributed by atoms with Crippen LogP contribution in [0.25, 0.3) is 0 Å². The SMILES string of the molecule is CN(C)[C@@H]1CCCC[C@H]1N(C)Cc1cc(C(C)(C)C)cc(C(C)(C)C)c1O.CN(C)[C@@H]1CCCC[C@H]1N(C)Cc1ccccc1O. The molecule has 0 aromatic heterocycles. The Balaban J connectivity index is 0.000000266. The van der Waals surface area contributed by atoms with E-state index in [0.717, 1.165) is 29.8 Å². The summed E-state index contributed by atoms with van der Waals surface area (Å²) in [5, 5.41) is 21.0. The third kappa shape index (κ3) is 10.2. The number of para-hydroxylation sites is 1. The fourth-order valence-electron chi connectivity index (χ4n) is 7.65. The van der Waals surface area contributed by atoms with Crippen molar-refractivity contribution in [3.8, 4) is 11.5 Å². The Morgan fingerprint density at radius 2 is 1.02 bits per heavy atom. The number of benzene rings is 2. The van der Waals surface area contributed by atoms with Crippen LogP contribution in [0.1, 0.15) is 115 Å². The van der Waals surface area contributed by atoms with E-state index in [1.807, 2.05) is 18.2 Å². The van der Waals surface area contributed by atoms with E-state index in [-0.39, 0.29) is 10.8 Å². The molecule has 0 saturated heterocycles. The highest BCUT2D eigenvalue weighted by molar-refractivity contribution is 5.48. The Bertz CT molecular complexity index is 1230. The molecule has 0 radical (unpaired) electrons. The van der Waals surface area contributed by atoms with Crippen molar-refractivity contribution in [1.29, 1.82) is 0 Å². The summed E-state index contributed by atoms with van der Waals surface area (Å²) in [7, 11) is 13.2. The zero-order valence-corrected chi connectivity index (χ0v) is 31.5. The molecule has 2 aliphatic carbocycles. The summed E-state index contributed by atoms with van der Waals surface area (Å²) in [6, 6.07) is 14.5. The highest BCUT2D eigenvalue weighted by atomic mass is 16.3. The van der Waals surface area contributed by atoms with Gasteiger partial charge in [0.15, 0.2) is 0 Å². The van der Waals surface area contributed by atoms with Crippen molar-refractivity contribution in [2.24, 2.45) is 0 Å². The second-order valence-corrected chi connectivity index (χ2v) is 16.8. The normalized spacial score (nSPS) is 22.8. The minimum absolute atomic E-state index is 0.0675. The van der Waals surface area contributed by atoms with Crippen LogP contribution in [0.4, 0.5) is 0 Å². The number of likely N-dealkylation sites (N-methyl/N-ethyl adjacent to an activating group) is 4. The molecule has 0 bridgehead atoms. The number of phenolic OH excluding ortho intramolecular Hbond substituents is 2. The number of aromatic hydroxyl groups is 2. The molecule has 46 heavy (non-hydrogen) atoms. The summed E-state index contributed by atoms with van der Waals surface area (Å²) in [6.45, 7) is 14.9. The van der Waals surface area contributed by atoms with Crippen LogP contribution in [-0.2, 0) is 23.9 Å². The van der Waals surface area contributed by atoms with Gasteiger partial charge in [0.1, 0.15) is 11.5 Å². The average Bonchev–Trinajstić information content (AvgIpc) is 2.98. The fourth-order valence-corrected chi connectivity index (χ4v) is 7.65. The van der Waals surface area contributed by atoms with Crippen molar-refractivity contribution in [1.82, 2.24) is 19.6 Å². The first-order chi connectivity index (χ1) is 21.4. The molecule has 2 N–H and O–H groups in total. The number of nitrogens with zero attached hydrogens (tertiary/aromatic N) is 4. The molecule has 0 amide bonds. The minimum atomic E-state index is -0.0737. The third-order valence-electron chi connectivity index (χ3n) is 10.5. The van der Waals surface area contributed by atoms with Gasteiger partial charge >= 0.3 is 0 Å². The molecule has 2 fully saturated rings. The molecule has 2 aromatic carbocycles. The van der Waals surface area contributed by atoms with Crippen LogP contribution in [0.5, 0.6) is 11.5 Å². The van der Waals surface area contributed by atoms with E-state index >= 15 is 0 Å². The van der Waals surface area contributed by atoms with Gasteiger partial charge in [0.25, 0.3) is 0 Å². The van der Waals surface area contributed by atoms with Crippen LogP contribution >= 0.6 is 0 Å². The van der Waals surface area contributed by atoms with Crippen LogP contribution in [0.2, 0.25) is 0 Å². The maximum atomic E-state index is 11.1. The molecule has 4 atom stereocenters. The van der Waals surface area contributed by atoms with Crippen molar-refractivity contribution in [3.05, 3.63) is 58.7 Å². The standard InChI is InChI=1S/C24H42N2O.C16H26N2O/c1-23(2,3)18-14-17(22(27)19(15-18)24(4,5)6)16-26(9)21-13-11-10-12-20(21)25(7)8;1-17(2)14-9-5-6-10-15(14)18(3)12-13-8-4-7-11-16(13)19/h14-15,20-21,27H,10-13,16H2,1-9H3;4,7-8,11,14-15,19H,5-6,9-10,12H2,1-3H3/t20-,21-;14-,15-/m11/s1. The molecule has 0 aliphatic heterocycles. The quantitative estimate of drug-likeness (QED) is 0.306. The second-order valence-electron chi connectivity index (χ2n) is 16.8. The maximum absolute atomic E-state index is 11.1. The minimum Gasteiger partial charge on any atom is -0.508 e. The van der Waals surface area contributed by atoms with Crippen LogP contribution in [0.3, 0.4) is 0 Å². The maximum Gasteiger partial charge on any atom is 0.123 e. The van der Waals surface area contributed by atoms with E-state index in [4.69, 9.17) is 0 Å². The first kappa shape index (κ1) is 38.3. The lowest BCUT2D eigenvalue weighted by Crippen LogP contribution is -2.49. The largest absolute Gasteiger partial charge is 0.508 e. The zero-order chi connectivity index (χ0) is 34.4. The summed E-state index contributed by atoms with van der Waals surface area (Å²) in [5.74, 6) is 0.895. The van der Waals surface area contributed by atoms with Crippen molar-refractivity contribution in [2.45, 2.75) is 141 Å². The molecule has 0 heterocycles. The lowest BCUT2D eigenvalue weighted by atomic mass is 9.78. The van der Waals surface area contributed by atoms with Gasteiger partial charge in [-0.15, -0.1) is 0 Å². The molecule has 0 spiro atoms. The molecule has 260 valence electrons. The summed E-state index contributed by atoms with van der Waals surface area (Å²) in [6.07, 6.45) is 10.3. The van der Waals surface area contributed by atoms with Crippen LogP contribution in [0, 0.1) is 0 Å². The van der Waals surface area contributed by atoms with Gasteiger partial charge in [-0.2, -0.15) is 0 Å². The smallest absolute Gasteiger partial charge is 0.123 e. The Kier molecular flexibility index (Phi) is 13.6. The van der Waals surface area contributed by atoms with Crippen molar-refractivity contribution < 1.29 is 10.2 Å². The number of hydrogen-bond acceptors (Lipinski definition) is 6. The molecular formula is C40H68N4O2. The lowest BCUT2D eigenvalue weighted by Gasteiger charge is -2.41. The van der Waals surface area contributed by atoms with Gasteiger partial charge in [0.05, 0.1) is 0 Å². The molecule has 2 aliphatic rings. The van der Waals surface area contributed by atoms with Gasteiger partial charge in [-0.05, 0) is 96.0 Å². The Hall–Kier alpha value is -2.12. The number of rotatable bonds is 8. The first-order valence-corrected chi connectivity index (χ1v) is 17.8. The molecule has 2 aromatic rings. The van der Waals surface area contributed by atoms with Crippen LogP contribution in [0.15, 0.2) is 36.4 Å².